The van der Waals surface area contributed by atoms with Crippen LogP contribution in [-0.2, 0) is 4.79 Å². The molecule has 3 aromatic carbocycles. The SMILES string of the molecule is COc1ccc(C(=O)c2ccc(OCC(=O)N3CCC(CCCC4CCN(C(=O)Nc5ccc(Cl)cc5)CC4)CC3)cc2)c(OC)c1. The molecule has 0 aliphatic carbocycles. The van der Waals surface area contributed by atoms with E-state index in [2.05, 4.69) is 5.32 Å². The number of halogens is 1. The highest BCUT2D eigenvalue weighted by Crippen LogP contribution is 2.29. The molecule has 0 aromatic heterocycles. The second-order valence-corrected chi connectivity index (χ2v) is 12.8. The smallest absolute Gasteiger partial charge is 0.321 e. The highest BCUT2D eigenvalue weighted by molar-refractivity contribution is 6.30. The van der Waals surface area contributed by atoms with Gasteiger partial charge in [0.25, 0.3) is 5.91 Å². The largest absolute Gasteiger partial charge is 0.497 e. The van der Waals surface area contributed by atoms with Crippen molar-refractivity contribution in [1.82, 2.24) is 9.80 Å². The molecule has 10 heteroatoms. The molecule has 47 heavy (non-hydrogen) atoms. The van der Waals surface area contributed by atoms with Crippen LogP contribution < -0.4 is 19.5 Å². The standard InChI is InChI=1S/C37H44ClN3O6/c1-45-32-14-15-33(34(24-32)46-2)36(43)28-6-12-31(13-7-28)47-25-35(42)40-20-16-26(17-21-40)4-3-5-27-18-22-41(23-19-27)37(44)39-30-10-8-29(38)9-11-30/h6-15,24,26-27H,3-5,16-23,25H2,1-2H3,(H,39,44). The van der Waals surface area contributed by atoms with Gasteiger partial charge < -0.3 is 29.3 Å². The van der Waals surface area contributed by atoms with Crippen molar-refractivity contribution in [3.05, 3.63) is 82.9 Å². The van der Waals surface area contributed by atoms with Crippen LogP contribution in [0, 0.1) is 11.8 Å². The van der Waals surface area contributed by atoms with Crippen LogP contribution in [0.1, 0.15) is 60.9 Å². The number of amides is 3. The van der Waals surface area contributed by atoms with E-state index in [1.807, 2.05) is 21.9 Å². The van der Waals surface area contributed by atoms with Crippen LogP contribution in [0.5, 0.6) is 17.2 Å². The number of carbonyl (C=O) groups is 3. The summed E-state index contributed by atoms with van der Waals surface area (Å²) in [6.07, 6.45) is 7.67. The molecule has 9 nitrogen and oxygen atoms in total. The maximum absolute atomic E-state index is 13.0. The van der Waals surface area contributed by atoms with E-state index >= 15 is 0 Å². The van der Waals surface area contributed by atoms with Crippen molar-refractivity contribution in [2.24, 2.45) is 11.8 Å². The zero-order chi connectivity index (χ0) is 33.2. The molecule has 5 rings (SSSR count). The molecule has 0 spiro atoms. The number of carbonyl (C=O) groups excluding carboxylic acids is 3. The van der Waals surface area contributed by atoms with Crippen LogP contribution in [0.2, 0.25) is 5.02 Å². The molecule has 3 amide bonds. The van der Waals surface area contributed by atoms with E-state index < -0.39 is 0 Å². The summed E-state index contributed by atoms with van der Waals surface area (Å²) >= 11 is 5.93. The Balaban J connectivity index is 0.962. The second-order valence-electron chi connectivity index (χ2n) is 12.3. The number of piperidine rings is 2. The van der Waals surface area contributed by atoms with Crippen molar-refractivity contribution in [3.63, 3.8) is 0 Å². The van der Waals surface area contributed by atoms with Crippen LogP contribution in [-0.4, -0.2) is 74.5 Å². The number of benzene rings is 3. The number of anilines is 1. The Kier molecular flexibility index (Phi) is 12.0. The summed E-state index contributed by atoms with van der Waals surface area (Å²) < 4.78 is 16.4. The molecule has 2 aliphatic rings. The van der Waals surface area contributed by atoms with Crippen molar-refractivity contribution in [2.45, 2.75) is 44.9 Å². The maximum atomic E-state index is 13.0. The van der Waals surface area contributed by atoms with Gasteiger partial charge in [0.15, 0.2) is 12.4 Å². The zero-order valence-corrected chi connectivity index (χ0v) is 28.0. The van der Waals surface area contributed by atoms with Gasteiger partial charge >= 0.3 is 6.03 Å². The number of ether oxygens (including phenoxy) is 3. The molecule has 2 heterocycles. The third-order valence-electron chi connectivity index (χ3n) is 9.32. The minimum atomic E-state index is -0.171. The quantitative estimate of drug-likeness (QED) is 0.204. The molecule has 0 bridgehead atoms. The van der Waals surface area contributed by atoms with E-state index in [-0.39, 0.29) is 24.3 Å². The van der Waals surface area contributed by atoms with Crippen LogP contribution in [0.3, 0.4) is 0 Å². The van der Waals surface area contributed by atoms with Gasteiger partial charge in [0.05, 0.1) is 19.8 Å². The van der Waals surface area contributed by atoms with Crippen molar-refractivity contribution in [2.75, 3.05) is 52.3 Å². The van der Waals surface area contributed by atoms with E-state index in [9.17, 15) is 14.4 Å². The van der Waals surface area contributed by atoms with Gasteiger partial charge in [0, 0.05) is 48.5 Å². The van der Waals surface area contributed by atoms with E-state index in [1.54, 1.807) is 61.7 Å². The van der Waals surface area contributed by atoms with E-state index in [1.165, 1.54) is 26.4 Å². The Morgan fingerprint density at radius 2 is 1.36 bits per heavy atom. The third-order valence-corrected chi connectivity index (χ3v) is 9.57. The Morgan fingerprint density at radius 3 is 1.96 bits per heavy atom. The lowest BCUT2D eigenvalue weighted by atomic mass is 9.87. The van der Waals surface area contributed by atoms with Gasteiger partial charge in [-0.3, -0.25) is 9.59 Å². The van der Waals surface area contributed by atoms with E-state index in [0.717, 1.165) is 57.5 Å². The van der Waals surface area contributed by atoms with Gasteiger partial charge in [0.1, 0.15) is 17.2 Å². The molecule has 3 aromatic rings. The Hall–Kier alpha value is -4.24. The fraction of sp³-hybridized carbons (Fsp3) is 0.432. The minimum absolute atomic E-state index is 0.0153. The number of likely N-dealkylation sites (tertiary alicyclic amines) is 2. The highest BCUT2D eigenvalue weighted by atomic mass is 35.5. The third kappa shape index (κ3) is 9.41. The predicted octanol–water partition coefficient (Wildman–Crippen LogP) is 7.32. The summed E-state index contributed by atoms with van der Waals surface area (Å²) in [5.74, 6) is 2.71. The van der Waals surface area contributed by atoms with Gasteiger partial charge in [0.2, 0.25) is 0 Å². The molecule has 0 saturated carbocycles. The fourth-order valence-corrected chi connectivity index (χ4v) is 6.53. The summed E-state index contributed by atoms with van der Waals surface area (Å²) in [4.78, 5) is 42.3. The molecular formula is C37H44ClN3O6. The van der Waals surface area contributed by atoms with Crippen molar-refractivity contribution < 1.29 is 28.6 Å². The van der Waals surface area contributed by atoms with Gasteiger partial charge in [-0.15, -0.1) is 0 Å². The number of rotatable bonds is 12. The Labute approximate surface area is 282 Å². The lowest BCUT2D eigenvalue weighted by Gasteiger charge is -2.33. The minimum Gasteiger partial charge on any atom is -0.497 e. The monoisotopic (exact) mass is 661 g/mol. The molecule has 250 valence electrons. The normalized spacial score (nSPS) is 15.6. The molecule has 0 unspecified atom stereocenters. The van der Waals surface area contributed by atoms with E-state index in [0.29, 0.717) is 45.2 Å². The number of hydrogen-bond acceptors (Lipinski definition) is 6. The number of ketones is 1. The molecule has 2 saturated heterocycles. The van der Waals surface area contributed by atoms with Crippen LogP contribution in [0.4, 0.5) is 10.5 Å². The first kappa shape index (κ1) is 34.1. The molecule has 1 N–H and O–H groups in total. The summed E-state index contributed by atoms with van der Waals surface area (Å²) in [5, 5.41) is 3.61. The molecule has 2 aliphatic heterocycles. The summed E-state index contributed by atoms with van der Waals surface area (Å²) in [6.45, 7) is 3.05. The molecular weight excluding hydrogens is 618 g/mol. The Bertz CT molecular complexity index is 1500. The zero-order valence-electron chi connectivity index (χ0n) is 27.2. The lowest BCUT2D eigenvalue weighted by Crippen LogP contribution is -2.41. The first-order chi connectivity index (χ1) is 22.8. The maximum Gasteiger partial charge on any atom is 0.321 e. The number of hydrogen-bond donors (Lipinski definition) is 1. The van der Waals surface area contributed by atoms with Gasteiger partial charge in [-0.05, 0) is 98.2 Å². The first-order valence-corrected chi connectivity index (χ1v) is 16.8. The highest BCUT2D eigenvalue weighted by Gasteiger charge is 2.25. The summed E-state index contributed by atoms with van der Waals surface area (Å²) in [6, 6.07) is 19.0. The van der Waals surface area contributed by atoms with Gasteiger partial charge in [-0.2, -0.15) is 0 Å². The lowest BCUT2D eigenvalue weighted by molar-refractivity contribution is -0.134. The van der Waals surface area contributed by atoms with Crippen molar-refractivity contribution in [3.8, 4) is 17.2 Å². The van der Waals surface area contributed by atoms with Crippen molar-refractivity contribution >= 4 is 35.0 Å². The molecule has 0 radical (unpaired) electrons. The Morgan fingerprint density at radius 1 is 0.766 bits per heavy atom. The average molecular weight is 662 g/mol. The van der Waals surface area contributed by atoms with Gasteiger partial charge in [-0.1, -0.05) is 30.9 Å². The summed E-state index contributed by atoms with van der Waals surface area (Å²) in [7, 11) is 3.08. The van der Waals surface area contributed by atoms with Gasteiger partial charge in [-0.25, -0.2) is 4.79 Å². The number of methoxy groups -OCH3 is 2. The van der Waals surface area contributed by atoms with Crippen molar-refractivity contribution in [1.29, 1.82) is 0 Å². The summed E-state index contributed by atoms with van der Waals surface area (Å²) in [5.41, 5.74) is 1.70. The predicted molar refractivity (Wildman–Crippen MR) is 183 cm³/mol. The topological polar surface area (TPSA) is 97.4 Å². The number of nitrogens with zero attached hydrogens (tertiary/aromatic N) is 2. The second kappa shape index (κ2) is 16.5. The van der Waals surface area contributed by atoms with Crippen LogP contribution in [0.25, 0.3) is 0 Å². The van der Waals surface area contributed by atoms with E-state index in [4.69, 9.17) is 25.8 Å². The van der Waals surface area contributed by atoms with Crippen LogP contribution >= 0.6 is 11.6 Å². The molecule has 2 fully saturated rings. The first-order valence-electron chi connectivity index (χ1n) is 16.4. The number of nitrogens with one attached hydrogen (secondary N) is 1. The average Bonchev–Trinajstić information content (AvgIpc) is 3.11. The number of urea groups is 1. The fourth-order valence-electron chi connectivity index (χ4n) is 6.41. The van der Waals surface area contributed by atoms with Crippen LogP contribution in [0.15, 0.2) is 66.7 Å². The molecule has 0 atom stereocenters.